The van der Waals surface area contributed by atoms with Crippen molar-refractivity contribution in [2.75, 3.05) is 6.61 Å². The van der Waals surface area contributed by atoms with Gasteiger partial charge in [0, 0.05) is 28.4 Å². The SMILES string of the molecule is c1nnn(C23CC4CC(CC(NCc5ccc(C6CCCO6)s5)(C4)C2)C3)n1. The van der Waals surface area contributed by atoms with Gasteiger partial charge in [-0.05, 0) is 80.5 Å². The molecule has 144 valence electrons. The summed E-state index contributed by atoms with van der Waals surface area (Å²) in [5.41, 5.74) is 0.331. The minimum Gasteiger partial charge on any atom is -0.373 e. The van der Waals surface area contributed by atoms with Gasteiger partial charge in [-0.25, -0.2) is 0 Å². The van der Waals surface area contributed by atoms with Crippen molar-refractivity contribution in [3.8, 4) is 0 Å². The Balaban J connectivity index is 1.21. The minimum atomic E-state index is 0.0892. The van der Waals surface area contributed by atoms with Crippen molar-refractivity contribution in [1.29, 1.82) is 0 Å². The normalized spacial score (nSPS) is 40.1. The predicted molar refractivity (Wildman–Crippen MR) is 102 cm³/mol. The van der Waals surface area contributed by atoms with Crippen LogP contribution in [-0.4, -0.2) is 32.4 Å². The van der Waals surface area contributed by atoms with Crippen LogP contribution >= 0.6 is 11.3 Å². The molecule has 0 amide bonds. The molecule has 0 spiro atoms. The number of thiophene rings is 1. The molecule has 4 aliphatic carbocycles. The first-order valence-electron chi connectivity index (χ1n) is 10.4. The molecule has 3 unspecified atom stereocenters. The Kier molecular flexibility index (Phi) is 3.75. The van der Waals surface area contributed by atoms with Crippen LogP contribution in [0.1, 0.15) is 67.2 Å². The summed E-state index contributed by atoms with van der Waals surface area (Å²) in [7, 11) is 0. The standard InChI is InChI=1S/C20H27N5OS/c1-2-17(26-5-1)18-4-3-16(27-18)11-21-19-7-14-6-15(8-19)10-20(9-14,12-19)25-23-13-22-24-25/h3-4,13-15,17,21H,1-2,5-12H2. The van der Waals surface area contributed by atoms with E-state index in [1.54, 1.807) is 6.33 Å². The third-order valence-corrected chi connectivity index (χ3v) is 8.55. The van der Waals surface area contributed by atoms with E-state index in [4.69, 9.17) is 4.74 Å². The zero-order valence-electron chi connectivity index (χ0n) is 15.6. The van der Waals surface area contributed by atoms with E-state index < -0.39 is 0 Å². The fourth-order valence-electron chi connectivity index (χ4n) is 6.78. The van der Waals surface area contributed by atoms with Crippen LogP contribution in [0.15, 0.2) is 18.5 Å². The van der Waals surface area contributed by atoms with Gasteiger partial charge >= 0.3 is 0 Å². The number of hydrogen-bond donors (Lipinski definition) is 1. The molecule has 27 heavy (non-hydrogen) atoms. The van der Waals surface area contributed by atoms with Crippen LogP contribution in [0.3, 0.4) is 0 Å². The van der Waals surface area contributed by atoms with Crippen molar-refractivity contribution in [3.05, 3.63) is 28.2 Å². The number of ether oxygens (including phenoxy) is 1. The van der Waals surface area contributed by atoms with Crippen molar-refractivity contribution in [3.63, 3.8) is 0 Å². The van der Waals surface area contributed by atoms with E-state index in [1.807, 2.05) is 16.1 Å². The molecular formula is C20H27N5OS. The Bertz CT molecular complexity index is 798. The van der Waals surface area contributed by atoms with Crippen LogP contribution in [0.2, 0.25) is 0 Å². The van der Waals surface area contributed by atoms with Crippen molar-refractivity contribution in [1.82, 2.24) is 25.5 Å². The quantitative estimate of drug-likeness (QED) is 0.854. The molecule has 0 radical (unpaired) electrons. The molecule has 3 atom stereocenters. The summed E-state index contributed by atoms with van der Waals surface area (Å²) in [4.78, 5) is 4.78. The summed E-state index contributed by atoms with van der Waals surface area (Å²) in [5, 5.41) is 16.8. The van der Waals surface area contributed by atoms with Gasteiger partial charge in [0.2, 0.25) is 0 Å². The molecule has 3 heterocycles. The van der Waals surface area contributed by atoms with Gasteiger partial charge in [0.05, 0.1) is 11.6 Å². The largest absolute Gasteiger partial charge is 0.373 e. The maximum Gasteiger partial charge on any atom is 0.162 e. The first-order chi connectivity index (χ1) is 13.2. The average molecular weight is 386 g/mol. The van der Waals surface area contributed by atoms with Crippen LogP contribution in [0.4, 0.5) is 0 Å². The highest BCUT2D eigenvalue weighted by Gasteiger charge is 2.59. The van der Waals surface area contributed by atoms with E-state index in [0.717, 1.165) is 31.4 Å². The zero-order chi connectivity index (χ0) is 17.9. The van der Waals surface area contributed by atoms with Crippen LogP contribution in [-0.2, 0) is 16.8 Å². The second-order valence-electron chi connectivity index (χ2n) is 9.35. The van der Waals surface area contributed by atoms with Gasteiger partial charge in [-0.3, -0.25) is 0 Å². The fourth-order valence-corrected chi connectivity index (χ4v) is 7.82. The van der Waals surface area contributed by atoms with Crippen LogP contribution < -0.4 is 5.32 Å². The molecule has 1 aliphatic heterocycles. The summed E-state index contributed by atoms with van der Waals surface area (Å²) in [5.74, 6) is 1.60. The van der Waals surface area contributed by atoms with Gasteiger partial charge in [-0.15, -0.1) is 21.5 Å². The number of tetrazole rings is 1. The van der Waals surface area contributed by atoms with E-state index in [-0.39, 0.29) is 11.1 Å². The monoisotopic (exact) mass is 385 g/mol. The summed E-state index contributed by atoms with van der Waals surface area (Å²) in [6.07, 6.45) is 11.9. The van der Waals surface area contributed by atoms with Gasteiger partial charge < -0.3 is 10.1 Å². The number of rotatable bonds is 5. The molecule has 7 rings (SSSR count). The minimum absolute atomic E-state index is 0.0892. The molecule has 2 aromatic heterocycles. The Hall–Kier alpha value is -1.31. The van der Waals surface area contributed by atoms with E-state index in [2.05, 4.69) is 32.9 Å². The predicted octanol–water partition coefficient (Wildman–Crippen LogP) is 3.42. The molecular weight excluding hydrogens is 358 g/mol. The summed E-state index contributed by atoms with van der Waals surface area (Å²) < 4.78 is 5.85. The lowest BCUT2D eigenvalue weighted by Gasteiger charge is -2.61. The van der Waals surface area contributed by atoms with E-state index in [0.29, 0.717) is 6.10 Å². The first-order valence-corrected chi connectivity index (χ1v) is 11.2. The summed E-state index contributed by atoms with van der Waals surface area (Å²) in [6.45, 7) is 1.89. The van der Waals surface area contributed by atoms with Crippen LogP contribution in [0.5, 0.6) is 0 Å². The lowest BCUT2D eigenvalue weighted by Crippen LogP contribution is -2.65. The second-order valence-corrected chi connectivity index (χ2v) is 10.6. The van der Waals surface area contributed by atoms with E-state index in [9.17, 15) is 0 Å². The first kappa shape index (κ1) is 16.6. The molecule has 6 nitrogen and oxygen atoms in total. The lowest BCUT2D eigenvalue weighted by molar-refractivity contribution is -0.0853. The van der Waals surface area contributed by atoms with Gasteiger partial charge in [0.1, 0.15) is 0 Å². The van der Waals surface area contributed by atoms with Gasteiger partial charge in [0.25, 0.3) is 0 Å². The Morgan fingerprint density at radius 3 is 2.85 bits per heavy atom. The molecule has 4 bridgehead atoms. The van der Waals surface area contributed by atoms with Crippen molar-refractivity contribution in [2.45, 2.75) is 75.1 Å². The van der Waals surface area contributed by atoms with Crippen molar-refractivity contribution in [2.24, 2.45) is 11.8 Å². The maximum atomic E-state index is 5.85. The smallest absolute Gasteiger partial charge is 0.162 e. The summed E-state index contributed by atoms with van der Waals surface area (Å²) >= 11 is 1.93. The number of hydrogen-bond acceptors (Lipinski definition) is 6. The molecule has 0 aromatic carbocycles. The molecule has 1 N–H and O–H groups in total. The number of aromatic nitrogens is 4. The topological polar surface area (TPSA) is 64.9 Å². The fraction of sp³-hybridized carbons (Fsp3) is 0.750. The summed E-state index contributed by atoms with van der Waals surface area (Å²) in [6, 6.07) is 4.57. The third kappa shape index (κ3) is 2.77. The molecule has 1 saturated heterocycles. The van der Waals surface area contributed by atoms with Gasteiger partial charge in [-0.2, -0.15) is 4.80 Å². The second kappa shape index (κ2) is 6.09. The van der Waals surface area contributed by atoms with Crippen molar-refractivity contribution < 1.29 is 4.74 Å². The van der Waals surface area contributed by atoms with Gasteiger partial charge in [-0.1, -0.05) is 0 Å². The van der Waals surface area contributed by atoms with Crippen LogP contribution in [0, 0.1) is 11.8 Å². The molecule has 5 fully saturated rings. The maximum absolute atomic E-state index is 5.85. The molecule has 5 aliphatic rings. The molecule has 7 heteroatoms. The molecule has 2 aromatic rings. The van der Waals surface area contributed by atoms with Crippen LogP contribution in [0.25, 0.3) is 0 Å². The third-order valence-electron chi connectivity index (χ3n) is 7.37. The highest BCUT2D eigenvalue weighted by molar-refractivity contribution is 7.12. The number of nitrogens with zero attached hydrogens (tertiary/aromatic N) is 4. The highest BCUT2D eigenvalue weighted by Crippen LogP contribution is 2.60. The highest BCUT2D eigenvalue weighted by atomic mass is 32.1. The van der Waals surface area contributed by atoms with Gasteiger partial charge in [0.15, 0.2) is 6.33 Å². The average Bonchev–Trinajstić information content (AvgIpc) is 3.41. The van der Waals surface area contributed by atoms with E-state index in [1.165, 1.54) is 54.7 Å². The Morgan fingerprint density at radius 1 is 1.22 bits per heavy atom. The van der Waals surface area contributed by atoms with Crippen molar-refractivity contribution >= 4 is 11.3 Å². The molecule has 4 saturated carbocycles. The van der Waals surface area contributed by atoms with E-state index >= 15 is 0 Å². The Labute approximate surface area is 163 Å². The Morgan fingerprint density at radius 2 is 2.11 bits per heavy atom. The number of nitrogens with one attached hydrogen (secondary N) is 1. The zero-order valence-corrected chi connectivity index (χ0v) is 16.5. The lowest BCUT2D eigenvalue weighted by atomic mass is 9.50.